The molecule has 0 spiro atoms. The van der Waals surface area contributed by atoms with Crippen molar-refractivity contribution in [2.75, 3.05) is 17.4 Å². The van der Waals surface area contributed by atoms with Crippen molar-refractivity contribution in [2.45, 2.75) is 6.54 Å². The average molecular weight is 393 g/mol. The molecule has 2 aromatic heterocycles. The summed E-state index contributed by atoms with van der Waals surface area (Å²) < 4.78 is 1.85. The minimum atomic E-state index is 0.569. The van der Waals surface area contributed by atoms with Gasteiger partial charge in [0, 0.05) is 21.8 Å². The fraction of sp³-hybridized carbons (Fsp3) is 0.200. The van der Waals surface area contributed by atoms with Crippen LogP contribution in [0.2, 0.25) is 0 Å². The Morgan fingerprint density at radius 2 is 2.22 bits per heavy atom. The Balaban J connectivity index is 2.21. The van der Waals surface area contributed by atoms with Gasteiger partial charge in [-0.3, -0.25) is 0 Å². The Morgan fingerprint density at radius 3 is 2.83 bits per heavy atom. The van der Waals surface area contributed by atoms with E-state index in [1.807, 2.05) is 11.9 Å². The summed E-state index contributed by atoms with van der Waals surface area (Å²) in [5.74, 6) is 6.75. The third-order valence-electron chi connectivity index (χ3n) is 2.28. The van der Waals surface area contributed by atoms with Gasteiger partial charge in [-0.1, -0.05) is 0 Å². The lowest BCUT2D eigenvalue weighted by atomic mass is 10.4. The van der Waals surface area contributed by atoms with Crippen LogP contribution in [0.4, 0.5) is 11.6 Å². The Bertz CT molecular complexity index is 545. The normalized spacial score (nSPS) is 10.4. The summed E-state index contributed by atoms with van der Waals surface area (Å²) >= 11 is 8.59. The zero-order valence-electron chi connectivity index (χ0n) is 9.52. The molecule has 96 valence electrons. The van der Waals surface area contributed by atoms with Gasteiger partial charge in [0.25, 0.3) is 0 Å². The lowest BCUT2D eigenvalue weighted by Crippen LogP contribution is -2.19. The Hall–Kier alpha value is -0.700. The fourth-order valence-electron chi connectivity index (χ4n) is 1.47. The second-order valence-electron chi connectivity index (χ2n) is 3.59. The van der Waals surface area contributed by atoms with E-state index in [1.54, 1.807) is 11.3 Å². The summed E-state index contributed by atoms with van der Waals surface area (Å²) in [6, 6.07) is 2.10. The van der Waals surface area contributed by atoms with E-state index in [2.05, 4.69) is 58.7 Å². The molecule has 0 aliphatic heterocycles. The molecule has 3 N–H and O–H groups in total. The van der Waals surface area contributed by atoms with Gasteiger partial charge in [0.1, 0.15) is 16.6 Å². The predicted octanol–water partition coefficient (Wildman–Crippen LogP) is 2.99. The molecule has 8 heteroatoms. The second kappa shape index (κ2) is 5.96. The average Bonchev–Trinajstić information content (AvgIpc) is 2.75. The third-order valence-corrected chi connectivity index (χ3v) is 4.70. The van der Waals surface area contributed by atoms with Crippen LogP contribution in [0.15, 0.2) is 26.7 Å². The van der Waals surface area contributed by atoms with E-state index in [4.69, 9.17) is 5.84 Å². The van der Waals surface area contributed by atoms with Gasteiger partial charge in [0.05, 0.1) is 6.54 Å². The van der Waals surface area contributed by atoms with Crippen LogP contribution in [0.3, 0.4) is 0 Å². The molecule has 0 saturated carbocycles. The van der Waals surface area contributed by atoms with Crippen molar-refractivity contribution < 1.29 is 0 Å². The first-order valence-corrected chi connectivity index (χ1v) is 7.49. The highest BCUT2D eigenvalue weighted by Crippen LogP contribution is 2.30. The molecule has 0 bridgehead atoms. The van der Waals surface area contributed by atoms with E-state index in [-0.39, 0.29) is 0 Å². The maximum Gasteiger partial charge on any atom is 0.159 e. The Labute approximate surface area is 126 Å². The standard InChI is InChI=1S/C10H11Br2N5S/c1-17(3-7-2-6(11)4-18-7)10-8(12)9(16-13)14-5-15-10/h2,4-5H,3,13H2,1H3,(H,14,15,16). The van der Waals surface area contributed by atoms with Crippen LogP contribution in [0, 0.1) is 0 Å². The van der Waals surface area contributed by atoms with E-state index in [0.29, 0.717) is 5.82 Å². The molecule has 0 atom stereocenters. The molecular weight excluding hydrogens is 382 g/mol. The third kappa shape index (κ3) is 3.00. The number of aromatic nitrogens is 2. The molecular formula is C10H11Br2N5S. The van der Waals surface area contributed by atoms with Crippen LogP contribution < -0.4 is 16.2 Å². The highest BCUT2D eigenvalue weighted by molar-refractivity contribution is 9.11. The van der Waals surface area contributed by atoms with Crippen molar-refractivity contribution in [3.63, 3.8) is 0 Å². The molecule has 2 rings (SSSR count). The number of nitrogens with zero attached hydrogens (tertiary/aromatic N) is 3. The van der Waals surface area contributed by atoms with E-state index in [0.717, 1.165) is 21.3 Å². The van der Waals surface area contributed by atoms with Gasteiger partial charge in [-0.05, 0) is 37.9 Å². The van der Waals surface area contributed by atoms with Gasteiger partial charge in [0.2, 0.25) is 0 Å². The Morgan fingerprint density at radius 1 is 1.44 bits per heavy atom. The van der Waals surface area contributed by atoms with E-state index in [9.17, 15) is 0 Å². The van der Waals surface area contributed by atoms with Gasteiger partial charge in [-0.2, -0.15) is 0 Å². The second-order valence-corrected chi connectivity index (χ2v) is 6.30. The number of anilines is 2. The maximum absolute atomic E-state index is 5.38. The van der Waals surface area contributed by atoms with Crippen molar-refractivity contribution in [2.24, 2.45) is 5.84 Å². The minimum absolute atomic E-state index is 0.569. The molecule has 0 saturated heterocycles. The van der Waals surface area contributed by atoms with Crippen molar-refractivity contribution in [1.29, 1.82) is 0 Å². The number of nitrogen functional groups attached to an aromatic ring is 1. The summed E-state index contributed by atoms with van der Waals surface area (Å²) in [6.07, 6.45) is 1.48. The van der Waals surface area contributed by atoms with Crippen molar-refractivity contribution in [1.82, 2.24) is 9.97 Å². The number of nitrogens with one attached hydrogen (secondary N) is 1. The molecule has 0 aromatic carbocycles. The molecule has 0 amide bonds. The molecule has 0 fully saturated rings. The van der Waals surface area contributed by atoms with Crippen LogP contribution in [-0.2, 0) is 6.54 Å². The topological polar surface area (TPSA) is 67.1 Å². The zero-order chi connectivity index (χ0) is 13.1. The predicted molar refractivity (Wildman–Crippen MR) is 81.7 cm³/mol. The number of nitrogens with two attached hydrogens (primary N) is 1. The van der Waals surface area contributed by atoms with Crippen LogP contribution in [0.25, 0.3) is 0 Å². The molecule has 0 aliphatic rings. The molecule has 2 aromatic rings. The lowest BCUT2D eigenvalue weighted by Gasteiger charge is -2.19. The van der Waals surface area contributed by atoms with Gasteiger partial charge in [0.15, 0.2) is 5.82 Å². The Kier molecular flexibility index (Phi) is 4.55. The van der Waals surface area contributed by atoms with E-state index < -0.39 is 0 Å². The number of hydrogen-bond donors (Lipinski definition) is 2. The van der Waals surface area contributed by atoms with Gasteiger partial charge >= 0.3 is 0 Å². The molecule has 18 heavy (non-hydrogen) atoms. The van der Waals surface area contributed by atoms with Crippen LogP contribution >= 0.6 is 43.2 Å². The molecule has 0 unspecified atom stereocenters. The summed E-state index contributed by atoms with van der Waals surface area (Å²) in [7, 11) is 1.97. The first-order chi connectivity index (χ1) is 8.61. The van der Waals surface area contributed by atoms with Gasteiger partial charge < -0.3 is 10.3 Å². The first-order valence-electron chi connectivity index (χ1n) is 5.03. The minimum Gasteiger partial charge on any atom is -0.353 e. The number of hydrazine groups is 1. The van der Waals surface area contributed by atoms with Gasteiger partial charge in [-0.25, -0.2) is 15.8 Å². The lowest BCUT2D eigenvalue weighted by molar-refractivity contribution is 0.898. The van der Waals surface area contributed by atoms with E-state index in [1.165, 1.54) is 11.2 Å². The van der Waals surface area contributed by atoms with Crippen molar-refractivity contribution in [3.8, 4) is 0 Å². The van der Waals surface area contributed by atoms with Crippen LogP contribution in [0.5, 0.6) is 0 Å². The summed E-state index contributed by atoms with van der Waals surface area (Å²) in [6.45, 7) is 0.774. The molecule has 0 aliphatic carbocycles. The SMILES string of the molecule is CN(Cc1cc(Br)cs1)c1ncnc(NN)c1Br. The number of thiophene rings is 1. The number of rotatable bonds is 4. The molecule has 5 nitrogen and oxygen atoms in total. The highest BCUT2D eigenvalue weighted by atomic mass is 79.9. The smallest absolute Gasteiger partial charge is 0.159 e. The van der Waals surface area contributed by atoms with Crippen molar-refractivity contribution in [3.05, 3.63) is 31.6 Å². The zero-order valence-corrected chi connectivity index (χ0v) is 13.5. The highest BCUT2D eigenvalue weighted by Gasteiger charge is 2.12. The summed E-state index contributed by atoms with van der Waals surface area (Å²) in [5, 5.41) is 2.06. The number of hydrogen-bond acceptors (Lipinski definition) is 6. The number of halogens is 2. The molecule has 0 radical (unpaired) electrons. The monoisotopic (exact) mass is 391 g/mol. The van der Waals surface area contributed by atoms with E-state index >= 15 is 0 Å². The van der Waals surface area contributed by atoms with Crippen LogP contribution in [-0.4, -0.2) is 17.0 Å². The maximum atomic E-state index is 5.38. The van der Waals surface area contributed by atoms with Crippen LogP contribution in [0.1, 0.15) is 4.88 Å². The fourth-order valence-corrected chi connectivity index (χ4v) is 3.60. The van der Waals surface area contributed by atoms with Crippen molar-refractivity contribution >= 4 is 54.8 Å². The first kappa shape index (κ1) is 13.7. The largest absolute Gasteiger partial charge is 0.353 e. The molecule has 2 heterocycles. The summed E-state index contributed by atoms with van der Waals surface area (Å²) in [5.41, 5.74) is 2.53. The quantitative estimate of drug-likeness (QED) is 0.618. The summed E-state index contributed by atoms with van der Waals surface area (Å²) in [4.78, 5) is 11.6. The van der Waals surface area contributed by atoms with Gasteiger partial charge in [-0.15, -0.1) is 11.3 Å².